The summed E-state index contributed by atoms with van der Waals surface area (Å²) >= 11 is 1.81. The van der Waals surface area contributed by atoms with E-state index in [-0.39, 0.29) is 5.82 Å². The minimum absolute atomic E-state index is 0.305. The van der Waals surface area contributed by atoms with Crippen LogP contribution in [0.3, 0.4) is 0 Å². The van der Waals surface area contributed by atoms with Gasteiger partial charge in [0.25, 0.3) is 0 Å². The fourth-order valence-corrected chi connectivity index (χ4v) is 3.96. The first kappa shape index (κ1) is 17.3. The predicted molar refractivity (Wildman–Crippen MR) is 99.2 cm³/mol. The number of thiophene rings is 1. The van der Waals surface area contributed by atoms with E-state index in [1.54, 1.807) is 12.1 Å². The van der Waals surface area contributed by atoms with Crippen molar-refractivity contribution >= 4 is 11.3 Å². The van der Waals surface area contributed by atoms with Gasteiger partial charge in [-0.3, -0.25) is 9.80 Å². The van der Waals surface area contributed by atoms with Gasteiger partial charge in [0.1, 0.15) is 5.82 Å². The third kappa shape index (κ3) is 4.35. The van der Waals surface area contributed by atoms with Crippen LogP contribution in [0.4, 0.5) is 4.39 Å². The van der Waals surface area contributed by atoms with Gasteiger partial charge in [0.15, 0.2) is 0 Å². The number of rotatable bonds is 5. The molecular weight excluding hydrogens is 351 g/mol. The molecule has 0 atom stereocenters. The van der Waals surface area contributed by atoms with Crippen LogP contribution in [0.1, 0.15) is 17.2 Å². The Bertz CT molecular complexity index is 836. The summed E-state index contributed by atoms with van der Waals surface area (Å²) in [6.45, 7) is 5.78. The molecule has 0 spiro atoms. The van der Waals surface area contributed by atoms with Crippen molar-refractivity contribution in [3.8, 4) is 11.5 Å². The molecule has 26 heavy (non-hydrogen) atoms. The maximum Gasteiger partial charge on any atom is 0.247 e. The second-order valence-electron chi connectivity index (χ2n) is 6.50. The van der Waals surface area contributed by atoms with Crippen molar-refractivity contribution in [2.45, 2.75) is 19.5 Å². The van der Waals surface area contributed by atoms with Gasteiger partial charge in [-0.15, -0.1) is 21.5 Å². The van der Waals surface area contributed by atoms with E-state index in [0.717, 1.165) is 39.1 Å². The molecule has 1 aromatic carbocycles. The Balaban J connectivity index is 1.34. The van der Waals surface area contributed by atoms with Gasteiger partial charge in [-0.2, -0.15) is 0 Å². The largest absolute Gasteiger partial charge is 0.419 e. The number of halogens is 1. The van der Waals surface area contributed by atoms with E-state index in [1.165, 1.54) is 17.0 Å². The van der Waals surface area contributed by atoms with Gasteiger partial charge in [0.2, 0.25) is 11.8 Å². The van der Waals surface area contributed by atoms with Crippen molar-refractivity contribution in [1.29, 1.82) is 0 Å². The van der Waals surface area contributed by atoms with E-state index in [1.807, 2.05) is 11.3 Å². The highest BCUT2D eigenvalue weighted by Crippen LogP contribution is 2.20. The molecule has 0 aliphatic carbocycles. The third-order valence-electron chi connectivity index (χ3n) is 4.54. The summed E-state index contributed by atoms with van der Waals surface area (Å²) in [5, 5.41) is 10.3. The Morgan fingerprint density at radius 3 is 2.62 bits per heavy atom. The highest BCUT2D eigenvalue weighted by molar-refractivity contribution is 7.09. The van der Waals surface area contributed by atoms with Gasteiger partial charge in [0, 0.05) is 30.1 Å². The molecule has 1 saturated heterocycles. The number of hydrogen-bond acceptors (Lipinski definition) is 6. The molecule has 4 rings (SSSR count). The lowest BCUT2D eigenvalue weighted by molar-refractivity contribution is 0.232. The third-order valence-corrected chi connectivity index (χ3v) is 5.40. The summed E-state index contributed by atoms with van der Waals surface area (Å²) < 4.78 is 19.1. The monoisotopic (exact) mass is 372 g/mol. The number of hydrogen-bond donors (Lipinski definition) is 0. The van der Waals surface area contributed by atoms with E-state index in [9.17, 15) is 4.39 Å². The van der Waals surface area contributed by atoms with E-state index >= 15 is 0 Å². The molecule has 1 aliphatic rings. The van der Waals surface area contributed by atoms with Crippen molar-refractivity contribution < 1.29 is 8.81 Å². The van der Waals surface area contributed by atoms with Crippen molar-refractivity contribution in [3.05, 3.63) is 58.4 Å². The molecule has 7 heteroatoms. The SMILES string of the molecule is Fc1cccc(-c2nnc(CN3CCCN(Cc4cccs4)CC3)o2)c1. The molecule has 0 N–H and O–H groups in total. The van der Waals surface area contributed by atoms with Crippen LogP contribution >= 0.6 is 11.3 Å². The highest BCUT2D eigenvalue weighted by Gasteiger charge is 2.18. The van der Waals surface area contributed by atoms with Crippen molar-refractivity contribution in [3.63, 3.8) is 0 Å². The summed E-state index contributed by atoms with van der Waals surface area (Å²) in [7, 11) is 0. The summed E-state index contributed by atoms with van der Waals surface area (Å²) in [5.74, 6) is 0.644. The average Bonchev–Trinajstić information content (AvgIpc) is 3.26. The van der Waals surface area contributed by atoms with Crippen LogP contribution in [0, 0.1) is 5.82 Å². The Labute approximate surface area is 156 Å². The predicted octanol–water partition coefficient (Wildman–Crippen LogP) is 3.65. The molecule has 1 fully saturated rings. The Morgan fingerprint density at radius 1 is 1.00 bits per heavy atom. The molecule has 3 heterocycles. The molecule has 0 bridgehead atoms. The molecular formula is C19H21FN4OS. The molecule has 5 nitrogen and oxygen atoms in total. The lowest BCUT2D eigenvalue weighted by Gasteiger charge is -2.20. The smallest absolute Gasteiger partial charge is 0.247 e. The minimum atomic E-state index is -0.305. The summed E-state index contributed by atoms with van der Waals surface area (Å²) in [6.07, 6.45) is 1.12. The average molecular weight is 372 g/mol. The fraction of sp³-hybridized carbons (Fsp3) is 0.368. The molecule has 0 amide bonds. The van der Waals surface area contributed by atoms with E-state index in [0.29, 0.717) is 23.9 Å². The minimum Gasteiger partial charge on any atom is -0.419 e. The Hall–Kier alpha value is -2.09. The second kappa shape index (κ2) is 8.07. The Morgan fingerprint density at radius 2 is 1.85 bits per heavy atom. The molecule has 0 radical (unpaired) electrons. The molecule has 3 aromatic rings. The van der Waals surface area contributed by atoms with Gasteiger partial charge >= 0.3 is 0 Å². The first-order valence-electron chi connectivity index (χ1n) is 8.82. The lowest BCUT2D eigenvalue weighted by Crippen LogP contribution is -2.30. The standard InChI is InChI=1S/C19H21FN4OS/c20-16-5-1-4-15(12-16)19-22-21-18(25-19)14-24-8-3-7-23(9-10-24)13-17-6-2-11-26-17/h1-2,4-6,11-12H,3,7-10,13-14H2. The van der Waals surface area contributed by atoms with E-state index in [4.69, 9.17) is 4.42 Å². The van der Waals surface area contributed by atoms with Gasteiger partial charge in [-0.1, -0.05) is 12.1 Å². The van der Waals surface area contributed by atoms with Crippen LogP contribution in [-0.2, 0) is 13.1 Å². The van der Waals surface area contributed by atoms with Crippen molar-refractivity contribution in [2.24, 2.45) is 0 Å². The van der Waals surface area contributed by atoms with E-state index < -0.39 is 0 Å². The summed E-state index contributed by atoms with van der Waals surface area (Å²) in [5.41, 5.74) is 0.613. The van der Waals surface area contributed by atoms with Crippen LogP contribution in [0.25, 0.3) is 11.5 Å². The zero-order valence-corrected chi connectivity index (χ0v) is 15.3. The summed E-state index contributed by atoms with van der Waals surface area (Å²) in [6, 6.07) is 10.5. The quantitative estimate of drug-likeness (QED) is 0.684. The molecule has 2 aromatic heterocycles. The highest BCUT2D eigenvalue weighted by atomic mass is 32.1. The molecule has 0 saturated carbocycles. The van der Waals surface area contributed by atoms with Gasteiger partial charge in [0.05, 0.1) is 6.54 Å². The van der Waals surface area contributed by atoms with Crippen molar-refractivity contribution in [2.75, 3.05) is 26.2 Å². The van der Waals surface area contributed by atoms with Gasteiger partial charge in [-0.25, -0.2) is 4.39 Å². The first-order chi connectivity index (χ1) is 12.8. The zero-order valence-electron chi connectivity index (χ0n) is 14.5. The molecule has 1 aliphatic heterocycles. The number of benzene rings is 1. The second-order valence-corrected chi connectivity index (χ2v) is 7.53. The number of nitrogens with zero attached hydrogens (tertiary/aromatic N) is 4. The van der Waals surface area contributed by atoms with Crippen molar-refractivity contribution in [1.82, 2.24) is 20.0 Å². The van der Waals surface area contributed by atoms with Crippen LogP contribution in [-0.4, -0.2) is 46.2 Å². The summed E-state index contributed by atoms with van der Waals surface area (Å²) in [4.78, 5) is 6.25. The van der Waals surface area contributed by atoms with E-state index in [2.05, 4.69) is 37.5 Å². The molecule has 0 unspecified atom stereocenters. The Kier molecular flexibility index (Phi) is 5.38. The van der Waals surface area contributed by atoms with Crippen LogP contribution < -0.4 is 0 Å². The molecule has 136 valence electrons. The topological polar surface area (TPSA) is 45.4 Å². The van der Waals surface area contributed by atoms with Gasteiger partial charge in [-0.05, 0) is 49.2 Å². The normalized spacial score (nSPS) is 16.7. The maximum absolute atomic E-state index is 13.3. The fourth-order valence-electron chi connectivity index (χ4n) is 3.21. The van der Waals surface area contributed by atoms with Crippen LogP contribution in [0.5, 0.6) is 0 Å². The van der Waals surface area contributed by atoms with Gasteiger partial charge < -0.3 is 4.42 Å². The number of aromatic nitrogens is 2. The van der Waals surface area contributed by atoms with Crippen LogP contribution in [0.2, 0.25) is 0 Å². The first-order valence-corrected chi connectivity index (χ1v) is 9.70. The lowest BCUT2D eigenvalue weighted by atomic mass is 10.2. The van der Waals surface area contributed by atoms with Crippen LogP contribution in [0.15, 0.2) is 46.2 Å². The zero-order chi connectivity index (χ0) is 17.8. The maximum atomic E-state index is 13.3.